The number of carbonyl (C=O) groups is 1. The van der Waals surface area contributed by atoms with E-state index in [0.717, 1.165) is 11.8 Å². The maximum atomic E-state index is 13.1. The molecule has 11 heteroatoms. The molecule has 0 radical (unpaired) electrons. The van der Waals surface area contributed by atoms with Gasteiger partial charge in [0, 0.05) is 62.8 Å². The minimum atomic E-state index is -2.38. The number of hydrogen-bond donors (Lipinski definition) is 3. The Bertz CT molecular complexity index is 1060. The summed E-state index contributed by atoms with van der Waals surface area (Å²) in [7, 11) is 0. The molecule has 182 valence electrons. The van der Waals surface area contributed by atoms with Crippen molar-refractivity contribution < 1.29 is 23.4 Å². The van der Waals surface area contributed by atoms with E-state index in [-0.39, 0.29) is 24.5 Å². The number of benzene rings is 1. The van der Waals surface area contributed by atoms with Crippen molar-refractivity contribution in [3.63, 3.8) is 0 Å². The first-order chi connectivity index (χ1) is 16.3. The summed E-state index contributed by atoms with van der Waals surface area (Å²) in [4.78, 5) is 25.1. The molecule has 34 heavy (non-hydrogen) atoms. The highest BCUT2D eigenvalue weighted by Crippen LogP contribution is 2.42. The molecular formula is C23H28F2N6O3. The van der Waals surface area contributed by atoms with E-state index in [1.165, 1.54) is 12.4 Å². The van der Waals surface area contributed by atoms with Crippen molar-refractivity contribution >= 4 is 22.9 Å². The van der Waals surface area contributed by atoms with Crippen molar-refractivity contribution in [3.8, 4) is 5.75 Å². The number of fused-ring (bicyclic) bond motifs is 1. The van der Waals surface area contributed by atoms with E-state index in [0.29, 0.717) is 49.7 Å². The van der Waals surface area contributed by atoms with E-state index >= 15 is 0 Å². The number of anilines is 2. The number of amides is 1. The Morgan fingerprint density at radius 3 is 2.62 bits per heavy atom. The first-order valence-corrected chi connectivity index (χ1v) is 11.0. The largest absolute Gasteiger partial charge is 0.484 e. The summed E-state index contributed by atoms with van der Waals surface area (Å²) >= 11 is 0. The molecule has 0 bridgehead atoms. The third kappa shape index (κ3) is 5.10. The highest BCUT2D eigenvalue weighted by Gasteiger charge is 2.36. The molecular weight excluding hydrogens is 446 g/mol. The fraction of sp³-hybridized carbons (Fsp3) is 0.435. The number of aromatic nitrogens is 2. The summed E-state index contributed by atoms with van der Waals surface area (Å²) in [5, 5.41) is 12.7. The van der Waals surface area contributed by atoms with Gasteiger partial charge in [-0.25, -0.2) is 18.7 Å². The van der Waals surface area contributed by atoms with Gasteiger partial charge in [0.1, 0.15) is 11.4 Å². The normalized spacial score (nSPS) is 20.9. The van der Waals surface area contributed by atoms with Crippen LogP contribution in [0.2, 0.25) is 0 Å². The minimum Gasteiger partial charge on any atom is -0.484 e. The van der Waals surface area contributed by atoms with Crippen LogP contribution >= 0.6 is 0 Å². The maximum Gasteiger partial charge on any atom is 0.261 e. The van der Waals surface area contributed by atoms with Gasteiger partial charge in [0.05, 0.1) is 30.1 Å². The molecule has 1 fully saturated rings. The van der Waals surface area contributed by atoms with Gasteiger partial charge in [-0.3, -0.25) is 9.69 Å². The Hall–Kier alpha value is -3.31. The van der Waals surface area contributed by atoms with Crippen LogP contribution in [0.25, 0.3) is 5.57 Å². The third-order valence-corrected chi connectivity index (χ3v) is 6.01. The Balaban J connectivity index is 1.62. The molecule has 4 rings (SSSR count). The number of aliphatic hydroxyl groups excluding tert-OH is 1. The van der Waals surface area contributed by atoms with Crippen LogP contribution in [0, 0.1) is 0 Å². The first-order valence-electron chi connectivity index (χ1n) is 11.0. The highest BCUT2D eigenvalue weighted by molar-refractivity contribution is 6.24. The third-order valence-electron chi connectivity index (χ3n) is 6.01. The number of piperazine rings is 1. The molecule has 1 aromatic carbocycles. The molecule has 4 N–H and O–H groups in total. The average Bonchev–Trinajstić information content (AvgIpc) is 3.16. The van der Waals surface area contributed by atoms with Crippen LogP contribution in [-0.2, 0) is 11.2 Å². The molecule has 9 nitrogen and oxygen atoms in total. The number of ether oxygens (including phenoxy) is 1. The molecule has 0 unspecified atom stereocenters. The van der Waals surface area contributed by atoms with E-state index < -0.39 is 17.9 Å². The monoisotopic (exact) mass is 474 g/mol. The van der Waals surface area contributed by atoms with Crippen LogP contribution < -0.4 is 20.7 Å². The van der Waals surface area contributed by atoms with Gasteiger partial charge in [-0.15, -0.1) is 0 Å². The second-order valence-electron chi connectivity index (χ2n) is 8.65. The van der Waals surface area contributed by atoms with Gasteiger partial charge in [-0.2, -0.15) is 0 Å². The summed E-state index contributed by atoms with van der Waals surface area (Å²) in [5.74, 6) is 0.345. The van der Waals surface area contributed by atoms with Gasteiger partial charge in [-0.1, -0.05) is 0 Å². The van der Waals surface area contributed by atoms with Crippen molar-refractivity contribution in [2.24, 2.45) is 5.73 Å². The fourth-order valence-corrected chi connectivity index (χ4v) is 4.25. The number of carbonyl (C=O) groups excluding carboxylic acids is 1. The van der Waals surface area contributed by atoms with Crippen molar-refractivity contribution in [2.45, 2.75) is 25.4 Å². The standard InChI is InChI=1S/C23H28F2N6O3/c1-23(14-32)11-15-9-17(29-22(33)16(12-26)21-27-3-2-4-28-21)18(10-19(15)34-23)31-7-5-30(6-8-31)13-20(24)25/h2-4,9-10,12,20,32H,5-8,11,13-14,26H2,1H3,(H,29,33)/t23-/m1/s1. The van der Waals surface area contributed by atoms with Gasteiger partial charge in [0.2, 0.25) is 0 Å². The predicted octanol–water partition coefficient (Wildman–Crippen LogP) is 1.49. The zero-order valence-corrected chi connectivity index (χ0v) is 18.9. The summed E-state index contributed by atoms with van der Waals surface area (Å²) < 4.78 is 31.6. The minimum absolute atomic E-state index is 0.116. The molecule has 2 aliphatic rings. The Morgan fingerprint density at radius 1 is 1.29 bits per heavy atom. The summed E-state index contributed by atoms with van der Waals surface area (Å²) in [6.07, 6.45) is 2.29. The molecule has 0 aliphatic carbocycles. The molecule has 1 saturated heterocycles. The second-order valence-corrected chi connectivity index (χ2v) is 8.65. The maximum absolute atomic E-state index is 13.1. The molecule has 2 aromatic rings. The summed E-state index contributed by atoms with van der Waals surface area (Å²) in [6.45, 7) is 3.35. The molecule has 1 amide bonds. The number of hydrogen-bond acceptors (Lipinski definition) is 8. The number of halogens is 2. The van der Waals surface area contributed by atoms with Crippen LogP contribution in [0.3, 0.4) is 0 Å². The lowest BCUT2D eigenvalue weighted by molar-refractivity contribution is -0.111. The predicted molar refractivity (Wildman–Crippen MR) is 124 cm³/mol. The van der Waals surface area contributed by atoms with Crippen molar-refractivity contribution in [2.75, 3.05) is 49.5 Å². The lowest BCUT2D eigenvalue weighted by atomic mass is 9.99. The molecule has 3 heterocycles. The summed E-state index contributed by atoms with van der Waals surface area (Å²) in [6, 6.07) is 5.30. The number of aliphatic hydroxyl groups is 1. The molecule has 0 spiro atoms. The summed E-state index contributed by atoms with van der Waals surface area (Å²) in [5.41, 5.74) is 7.16. The Kier molecular flexibility index (Phi) is 6.94. The number of alkyl halides is 2. The smallest absolute Gasteiger partial charge is 0.261 e. The van der Waals surface area contributed by atoms with E-state index in [4.69, 9.17) is 10.5 Å². The van der Waals surface area contributed by atoms with Crippen LogP contribution in [0.5, 0.6) is 5.75 Å². The molecule has 1 aromatic heterocycles. The fourth-order valence-electron chi connectivity index (χ4n) is 4.25. The lowest BCUT2D eigenvalue weighted by Crippen LogP contribution is -2.48. The van der Waals surface area contributed by atoms with Crippen molar-refractivity contribution in [1.82, 2.24) is 14.9 Å². The van der Waals surface area contributed by atoms with Crippen molar-refractivity contribution in [3.05, 3.63) is 48.2 Å². The van der Waals surface area contributed by atoms with E-state index in [2.05, 4.69) is 15.3 Å². The topological polar surface area (TPSA) is 117 Å². The SMILES string of the molecule is C[C@]1(CO)Cc2cc(NC(=O)C(=CN)c3ncccn3)c(N3CCN(CC(F)F)CC3)cc2O1. The van der Waals surface area contributed by atoms with Crippen LogP contribution in [0.15, 0.2) is 36.8 Å². The number of rotatable bonds is 7. The molecule has 1 atom stereocenters. The second kappa shape index (κ2) is 9.90. The van der Waals surface area contributed by atoms with Gasteiger partial charge >= 0.3 is 0 Å². The van der Waals surface area contributed by atoms with Crippen LogP contribution in [0.4, 0.5) is 20.2 Å². The van der Waals surface area contributed by atoms with E-state index in [1.54, 1.807) is 11.0 Å². The number of nitrogens with one attached hydrogen (secondary N) is 1. The number of nitrogens with zero attached hydrogens (tertiary/aromatic N) is 4. The van der Waals surface area contributed by atoms with Gasteiger partial charge < -0.3 is 25.8 Å². The molecule has 0 saturated carbocycles. The lowest BCUT2D eigenvalue weighted by Gasteiger charge is -2.37. The average molecular weight is 475 g/mol. The van der Waals surface area contributed by atoms with Gasteiger partial charge in [-0.05, 0) is 19.1 Å². The zero-order valence-electron chi connectivity index (χ0n) is 18.9. The Morgan fingerprint density at radius 2 is 2.00 bits per heavy atom. The first kappa shape index (κ1) is 23.8. The van der Waals surface area contributed by atoms with Gasteiger partial charge in [0.15, 0.2) is 5.82 Å². The molecule has 2 aliphatic heterocycles. The van der Waals surface area contributed by atoms with E-state index in [9.17, 15) is 18.7 Å². The zero-order chi connectivity index (χ0) is 24.3. The van der Waals surface area contributed by atoms with E-state index in [1.807, 2.05) is 24.0 Å². The number of nitrogens with two attached hydrogens (primary N) is 1. The Labute approximate surface area is 196 Å². The highest BCUT2D eigenvalue weighted by atomic mass is 19.3. The van der Waals surface area contributed by atoms with Gasteiger partial charge in [0.25, 0.3) is 12.3 Å². The van der Waals surface area contributed by atoms with Crippen LogP contribution in [0.1, 0.15) is 18.3 Å². The van der Waals surface area contributed by atoms with Crippen LogP contribution in [-0.4, -0.2) is 77.2 Å². The van der Waals surface area contributed by atoms with Crippen molar-refractivity contribution in [1.29, 1.82) is 0 Å². The quantitative estimate of drug-likeness (QED) is 0.517.